The number of nitrogens with one attached hydrogen (secondary N) is 1. The second-order valence-corrected chi connectivity index (χ2v) is 3.38. The SMILES string of the molecule is NCC(=O)C(=O)Nc1ccc(CO)c(CO)c1. The fraction of sp³-hybridized carbons (Fsp3) is 0.273. The molecule has 0 spiro atoms. The van der Waals surface area contributed by atoms with Gasteiger partial charge in [0.1, 0.15) is 0 Å². The molecule has 0 bridgehead atoms. The Morgan fingerprint density at radius 3 is 2.35 bits per heavy atom. The van der Waals surface area contributed by atoms with Crippen molar-refractivity contribution in [1.29, 1.82) is 0 Å². The zero-order valence-electron chi connectivity index (χ0n) is 9.14. The van der Waals surface area contributed by atoms with Crippen LogP contribution in [-0.4, -0.2) is 28.4 Å². The van der Waals surface area contributed by atoms with E-state index in [4.69, 9.17) is 15.9 Å². The summed E-state index contributed by atoms with van der Waals surface area (Å²) < 4.78 is 0. The third-order valence-electron chi connectivity index (χ3n) is 2.24. The highest BCUT2D eigenvalue weighted by Crippen LogP contribution is 2.16. The standard InChI is InChI=1S/C11H14N2O4/c12-4-10(16)11(17)13-9-2-1-7(5-14)8(3-9)6-15/h1-3,14-15H,4-6,12H2,(H,13,17). The van der Waals surface area contributed by atoms with E-state index < -0.39 is 11.7 Å². The summed E-state index contributed by atoms with van der Waals surface area (Å²) >= 11 is 0. The van der Waals surface area contributed by atoms with Crippen LogP contribution in [0.4, 0.5) is 5.69 Å². The van der Waals surface area contributed by atoms with Crippen molar-refractivity contribution < 1.29 is 19.8 Å². The highest BCUT2D eigenvalue weighted by molar-refractivity contribution is 6.41. The van der Waals surface area contributed by atoms with Crippen molar-refractivity contribution in [3.8, 4) is 0 Å². The van der Waals surface area contributed by atoms with Crippen LogP contribution in [0.3, 0.4) is 0 Å². The molecule has 92 valence electrons. The van der Waals surface area contributed by atoms with Crippen LogP contribution in [0.2, 0.25) is 0 Å². The molecule has 0 aromatic heterocycles. The number of hydrogen-bond donors (Lipinski definition) is 4. The molecular weight excluding hydrogens is 224 g/mol. The van der Waals surface area contributed by atoms with Crippen LogP contribution in [0.5, 0.6) is 0 Å². The maximum absolute atomic E-state index is 11.2. The minimum absolute atomic E-state index is 0.203. The summed E-state index contributed by atoms with van der Waals surface area (Å²) in [5, 5.41) is 20.4. The molecule has 0 fully saturated rings. The van der Waals surface area contributed by atoms with Crippen molar-refractivity contribution in [2.24, 2.45) is 5.73 Å². The minimum atomic E-state index is -0.798. The maximum atomic E-state index is 11.2. The monoisotopic (exact) mass is 238 g/mol. The summed E-state index contributed by atoms with van der Waals surface area (Å²) in [6, 6.07) is 4.59. The van der Waals surface area contributed by atoms with Crippen LogP contribution in [0.1, 0.15) is 11.1 Å². The Kier molecular flexibility index (Phi) is 4.77. The van der Waals surface area contributed by atoms with Gasteiger partial charge in [0, 0.05) is 5.69 Å². The molecular formula is C11H14N2O4. The molecule has 6 heteroatoms. The van der Waals surface area contributed by atoms with E-state index >= 15 is 0 Å². The Labute approximate surface area is 98.1 Å². The number of anilines is 1. The predicted octanol–water partition coefficient (Wildman–Crippen LogP) is -0.863. The molecule has 5 N–H and O–H groups in total. The van der Waals surface area contributed by atoms with Gasteiger partial charge in [0.05, 0.1) is 19.8 Å². The number of carbonyl (C=O) groups is 2. The number of nitrogens with two attached hydrogens (primary N) is 1. The third kappa shape index (κ3) is 3.35. The zero-order valence-corrected chi connectivity index (χ0v) is 9.14. The fourth-order valence-electron chi connectivity index (χ4n) is 1.30. The largest absolute Gasteiger partial charge is 0.392 e. The molecule has 0 radical (unpaired) electrons. The Morgan fingerprint density at radius 2 is 1.82 bits per heavy atom. The van der Waals surface area contributed by atoms with E-state index in [9.17, 15) is 9.59 Å². The Balaban J connectivity index is 2.86. The molecule has 1 aromatic rings. The summed E-state index contributed by atoms with van der Waals surface area (Å²) in [4.78, 5) is 22.2. The highest BCUT2D eigenvalue weighted by atomic mass is 16.3. The van der Waals surface area contributed by atoms with Gasteiger partial charge in [-0.3, -0.25) is 9.59 Å². The summed E-state index contributed by atoms with van der Waals surface area (Å²) in [7, 11) is 0. The molecule has 1 aromatic carbocycles. The zero-order chi connectivity index (χ0) is 12.8. The second kappa shape index (κ2) is 6.09. The third-order valence-corrected chi connectivity index (χ3v) is 2.24. The Bertz CT molecular complexity index is 431. The van der Waals surface area contributed by atoms with Gasteiger partial charge in [-0.15, -0.1) is 0 Å². The van der Waals surface area contributed by atoms with Crippen LogP contribution in [-0.2, 0) is 22.8 Å². The van der Waals surface area contributed by atoms with E-state index in [1.165, 1.54) is 12.1 Å². The maximum Gasteiger partial charge on any atom is 0.293 e. The first-order valence-corrected chi connectivity index (χ1v) is 5.00. The van der Waals surface area contributed by atoms with Gasteiger partial charge in [-0.25, -0.2) is 0 Å². The number of aliphatic hydroxyl groups is 2. The van der Waals surface area contributed by atoms with Gasteiger partial charge in [-0.05, 0) is 23.3 Å². The number of benzene rings is 1. The van der Waals surface area contributed by atoms with Crippen LogP contribution >= 0.6 is 0 Å². The normalized spacial score (nSPS) is 10.1. The van der Waals surface area contributed by atoms with Crippen molar-refractivity contribution in [3.05, 3.63) is 29.3 Å². The second-order valence-electron chi connectivity index (χ2n) is 3.38. The van der Waals surface area contributed by atoms with Crippen molar-refractivity contribution in [2.45, 2.75) is 13.2 Å². The molecule has 1 amide bonds. The first-order valence-electron chi connectivity index (χ1n) is 5.00. The molecule has 6 nitrogen and oxygen atoms in total. The topological polar surface area (TPSA) is 113 Å². The van der Waals surface area contributed by atoms with E-state index in [0.29, 0.717) is 16.8 Å². The van der Waals surface area contributed by atoms with Gasteiger partial charge in [-0.1, -0.05) is 6.07 Å². The Morgan fingerprint density at radius 1 is 1.18 bits per heavy atom. The smallest absolute Gasteiger partial charge is 0.293 e. The number of hydrogen-bond acceptors (Lipinski definition) is 5. The van der Waals surface area contributed by atoms with E-state index in [0.717, 1.165) is 0 Å². The summed E-state index contributed by atoms with van der Waals surface area (Å²) in [5.41, 5.74) is 6.47. The average molecular weight is 238 g/mol. The van der Waals surface area contributed by atoms with Crippen LogP contribution in [0.15, 0.2) is 18.2 Å². The van der Waals surface area contributed by atoms with E-state index in [1.807, 2.05) is 0 Å². The van der Waals surface area contributed by atoms with Gasteiger partial charge >= 0.3 is 0 Å². The average Bonchev–Trinajstić information content (AvgIpc) is 2.37. The van der Waals surface area contributed by atoms with Gasteiger partial charge in [0.15, 0.2) is 0 Å². The highest BCUT2D eigenvalue weighted by Gasteiger charge is 2.12. The predicted molar refractivity (Wildman–Crippen MR) is 61.0 cm³/mol. The van der Waals surface area contributed by atoms with Crippen LogP contribution < -0.4 is 11.1 Å². The van der Waals surface area contributed by atoms with Crippen molar-refractivity contribution in [2.75, 3.05) is 11.9 Å². The first-order chi connectivity index (χ1) is 8.12. The summed E-state index contributed by atoms with van der Waals surface area (Å²) in [6.45, 7) is -0.816. The molecule has 0 aliphatic carbocycles. The van der Waals surface area contributed by atoms with Crippen molar-refractivity contribution in [3.63, 3.8) is 0 Å². The number of amides is 1. The van der Waals surface area contributed by atoms with Crippen LogP contribution in [0, 0.1) is 0 Å². The molecule has 0 heterocycles. The number of aliphatic hydroxyl groups excluding tert-OH is 2. The van der Waals surface area contributed by atoms with Crippen LogP contribution in [0.25, 0.3) is 0 Å². The van der Waals surface area contributed by atoms with E-state index in [1.54, 1.807) is 6.07 Å². The van der Waals surface area contributed by atoms with Crippen molar-refractivity contribution in [1.82, 2.24) is 0 Å². The molecule has 0 unspecified atom stereocenters. The molecule has 0 saturated heterocycles. The van der Waals surface area contributed by atoms with E-state index in [-0.39, 0.29) is 19.8 Å². The lowest BCUT2D eigenvalue weighted by atomic mass is 10.1. The van der Waals surface area contributed by atoms with E-state index in [2.05, 4.69) is 5.32 Å². The lowest BCUT2D eigenvalue weighted by Crippen LogP contribution is -2.29. The molecule has 0 saturated carbocycles. The van der Waals surface area contributed by atoms with Gasteiger partial charge in [0.25, 0.3) is 5.91 Å². The molecule has 17 heavy (non-hydrogen) atoms. The van der Waals surface area contributed by atoms with Gasteiger partial charge in [-0.2, -0.15) is 0 Å². The summed E-state index contributed by atoms with van der Waals surface area (Å²) in [6.07, 6.45) is 0. The quantitative estimate of drug-likeness (QED) is 0.498. The number of carbonyl (C=O) groups excluding carboxylic acids is 2. The molecule has 0 aliphatic rings. The lowest BCUT2D eigenvalue weighted by molar-refractivity contribution is -0.133. The first kappa shape index (κ1) is 13.3. The number of rotatable bonds is 5. The van der Waals surface area contributed by atoms with Gasteiger partial charge in [0.2, 0.25) is 5.78 Å². The minimum Gasteiger partial charge on any atom is -0.392 e. The molecule has 1 rings (SSSR count). The lowest BCUT2D eigenvalue weighted by Gasteiger charge is -2.08. The number of Topliss-reactive ketones (excluding diaryl/α,β-unsaturated/α-hetero) is 1. The summed E-state index contributed by atoms with van der Waals surface area (Å²) in [5.74, 6) is -1.52. The Hall–Kier alpha value is -1.76. The number of ketones is 1. The molecule has 0 atom stereocenters. The molecule has 0 aliphatic heterocycles. The van der Waals surface area contributed by atoms with Crippen molar-refractivity contribution >= 4 is 17.4 Å². The van der Waals surface area contributed by atoms with Gasteiger partial charge < -0.3 is 21.3 Å². The fourth-order valence-corrected chi connectivity index (χ4v) is 1.30.